The molecule has 0 spiro atoms. The largest absolute Gasteiger partial charge is 0.481 e. The van der Waals surface area contributed by atoms with Crippen molar-refractivity contribution in [3.05, 3.63) is 18.5 Å². The number of esters is 1. The number of nitrogen functional groups attached to an aromatic ring is 1. The lowest BCUT2D eigenvalue weighted by atomic mass is 10.1. The van der Waals surface area contributed by atoms with E-state index in [1.165, 1.54) is 0 Å². The van der Waals surface area contributed by atoms with E-state index in [9.17, 15) is 9.59 Å². The third-order valence-electron chi connectivity index (χ3n) is 5.09. The maximum atomic E-state index is 11.7. The monoisotopic (exact) mass is 400 g/mol. The van der Waals surface area contributed by atoms with Crippen LogP contribution < -0.4 is 11.1 Å². The van der Waals surface area contributed by atoms with Crippen LogP contribution in [0.4, 0.5) is 11.8 Å². The number of nitrogens with one attached hydrogen (secondary N) is 1. The molecular formula is C19H24N6O4. The van der Waals surface area contributed by atoms with E-state index in [1.54, 1.807) is 6.33 Å². The predicted octanol–water partition coefficient (Wildman–Crippen LogP) is 1.90. The summed E-state index contributed by atoms with van der Waals surface area (Å²) < 4.78 is 7.26. The summed E-state index contributed by atoms with van der Waals surface area (Å²) in [6, 6.07) is 0.470. The number of aromatic nitrogens is 4. The van der Waals surface area contributed by atoms with E-state index >= 15 is 0 Å². The average molecular weight is 400 g/mol. The van der Waals surface area contributed by atoms with Crippen LogP contribution in [0.5, 0.6) is 0 Å². The Morgan fingerprint density at radius 2 is 2.10 bits per heavy atom. The molecule has 10 nitrogen and oxygen atoms in total. The van der Waals surface area contributed by atoms with Gasteiger partial charge in [-0.05, 0) is 25.7 Å². The van der Waals surface area contributed by atoms with Crippen molar-refractivity contribution in [1.29, 1.82) is 0 Å². The molecule has 2 aliphatic rings. The van der Waals surface area contributed by atoms with Crippen molar-refractivity contribution in [2.24, 2.45) is 5.92 Å². The Balaban J connectivity index is 1.36. The van der Waals surface area contributed by atoms with Gasteiger partial charge in [0.1, 0.15) is 0 Å². The van der Waals surface area contributed by atoms with Gasteiger partial charge in [0.05, 0.1) is 19.0 Å². The summed E-state index contributed by atoms with van der Waals surface area (Å²) in [4.78, 5) is 35.4. The van der Waals surface area contributed by atoms with Crippen LogP contribution >= 0.6 is 0 Å². The third kappa shape index (κ3) is 4.64. The number of fused-ring (bicyclic) bond motifs is 1. The molecule has 2 aliphatic carbocycles. The zero-order valence-electron chi connectivity index (χ0n) is 16.0. The highest BCUT2D eigenvalue weighted by Gasteiger charge is 2.26. The predicted molar refractivity (Wildman–Crippen MR) is 105 cm³/mol. The summed E-state index contributed by atoms with van der Waals surface area (Å²) in [5, 5.41) is 12.0. The maximum absolute atomic E-state index is 11.7. The van der Waals surface area contributed by atoms with Crippen molar-refractivity contribution in [3.63, 3.8) is 0 Å². The molecule has 0 unspecified atom stereocenters. The molecule has 2 aromatic rings. The summed E-state index contributed by atoms with van der Waals surface area (Å²) in [5.74, 6) is -0.317. The highest BCUT2D eigenvalue weighted by atomic mass is 16.5. The van der Waals surface area contributed by atoms with Crippen molar-refractivity contribution in [3.8, 4) is 0 Å². The standard InChI is InChI=1S/C19H24N6O4/c20-19-23-17(22-12-5-6-12)16-18(24-19)25(10-21-16)13-7-4-11(8-13)9-29-15(28)3-1-2-14(26)27/h4,7,10-13H,1-3,5-6,8-9H2,(H,26,27)(H3,20,22,23,24)/t11-,13+/m1/s1. The van der Waals surface area contributed by atoms with Gasteiger partial charge in [-0.1, -0.05) is 12.2 Å². The number of nitrogens with zero attached hydrogens (tertiary/aromatic N) is 4. The summed E-state index contributed by atoms with van der Waals surface area (Å²) in [6.07, 6.45) is 9.18. The van der Waals surface area contributed by atoms with E-state index in [2.05, 4.69) is 26.3 Å². The highest BCUT2D eigenvalue weighted by molar-refractivity contribution is 5.84. The first-order chi connectivity index (χ1) is 14.0. The Morgan fingerprint density at radius 1 is 1.28 bits per heavy atom. The van der Waals surface area contributed by atoms with Gasteiger partial charge in [-0.3, -0.25) is 9.59 Å². The number of imidazole rings is 1. The first-order valence-electron chi connectivity index (χ1n) is 9.82. The van der Waals surface area contributed by atoms with E-state index < -0.39 is 5.97 Å². The number of rotatable bonds is 9. The van der Waals surface area contributed by atoms with Crippen LogP contribution in [0, 0.1) is 5.92 Å². The molecule has 29 heavy (non-hydrogen) atoms. The van der Waals surface area contributed by atoms with Crippen LogP contribution in [0.2, 0.25) is 0 Å². The van der Waals surface area contributed by atoms with Crippen molar-refractivity contribution in [2.45, 2.75) is 50.6 Å². The normalized spacial score (nSPS) is 20.8. The van der Waals surface area contributed by atoms with Gasteiger partial charge in [0.2, 0.25) is 5.95 Å². The van der Waals surface area contributed by atoms with Crippen LogP contribution in [-0.2, 0) is 14.3 Å². The smallest absolute Gasteiger partial charge is 0.305 e. The number of carboxylic acids is 1. The van der Waals surface area contributed by atoms with E-state index in [0.29, 0.717) is 23.0 Å². The third-order valence-corrected chi connectivity index (χ3v) is 5.09. The lowest BCUT2D eigenvalue weighted by Crippen LogP contribution is -2.14. The summed E-state index contributed by atoms with van der Waals surface area (Å²) in [6.45, 7) is 0.275. The maximum Gasteiger partial charge on any atom is 0.305 e. The molecule has 154 valence electrons. The van der Waals surface area contributed by atoms with Gasteiger partial charge in [0, 0.05) is 24.8 Å². The molecule has 0 amide bonds. The number of ether oxygens (including phenoxy) is 1. The second-order valence-electron chi connectivity index (χ2n) is 7.55. The van der Waals surface area contributed by atoms with Gasteiger partial charge >= 0.3 is 11.9 Å². The molecule has 0 aromatic carbocycles. The number of allylic oxidation sites excluding steroid dienone is 1. The van der Waals surface area contributed by atoms with Crippen LogP contribution in [0.3, 0.4) is 0 Å². The second-order valence-corrected chi connectivity index (χ2v) is 7.55. The van der Waals surface area contributed by atoms with E-state index in [-0.39, 0.29) is 49.7 Å². The Hall–Kier alpha value is -3.17. The number of carbonyl (C=O) groups is 2. The topological polar surface area (TPSA) is 145 Å². The van der Waals surface area contributed by atoms with E-state index in [1.807, 2.05) is 10.6 Å². The molecule has 4 rings (SSSR count). The molecular weight excluding hydrogens is 376 g/mol. The minimum Gasteiger partial charge on any atom is -0.481 e. The first kappa shape index (κ1) is 19.2. The zero-order chi connectivity index (χ0) is 20.4. The number of carbonyl (C=O) groups excluding carboxylic acids is 1. The molecule has 0 radical (unpaired) electrons. The lowest BCUT2D eigenvalue weighted by molar-refractivity contribution is -0.145. The molecule has 0 aliphatic heterocycles. The number of aliphatic carboxylic acids is 1. The number of nitrogens with two attached hydrogens (primary N) is 1. The van der Waals surface area contributed by atoms with Crippen LogP contribution in [0.1, 0.15) is 44.6 Å². The van der Waals surface area contributed by atoms with Gasteiger partial charge in [0.15, 0.2) is 17.0 Å². The number of carboxylic acid groups (broad SMARTS) is 1. The van der Waals surface area contributed by atoms with Gasteiger partial charge in [-0.15, -0.1) is 0 Å². The molecule has 2 aromatic heterocycles. The summed E-state index contributed by atoms with van der Waals surface area (Å²) >= 11 is 0. The molecule has 0 bridgehead atoms. The Labute approximate surface area is 167 Å². The van der Waals surface area contributed by atoms with Gasteiger partial charge in [-0.25, -0.2) is 4.98 Å². The van der Waals surface area contributed by atoms with Crippen molar-refractivity contribution in [2.75, 3.05) is 17.7 Å². The van der Waals surface area contributed by atoms with Gasteiger partial charge in [0.25, 0.3) is 0 Å². The van der Waals surface area contributed by atoms with Crippen molar-refractivity contribution in [1.82, 2.24) is 19.5 Å². The SMILES string of the molecule is Nc1nc(NC2CC2)c2ncn([C@H]3C=C[C@@H](COC(=O)CCCC(=O)O)C3)c2n1. The lowest BCUT2D eigenvalue weighted by Gasteiger charge is -2.14. The fourth-order valence-electron chi connectivity index (χ4n) is 3.44. The molecule has 1 fully saturated rings. The quantitative estimate of drug-likeness (QED) is 0.424. The fraction of sp³-hybridized carbons (Fsp3) is 0.526. The van der Waals surface area contributed by atoms with Gasteiger partial charge in [-0.2, -0.15) is 9.97 Å². The second kappa shape index (κ2) is 8.06. The highest BCUT2D eigenvalue weighted by Crippen LogP contribution is 2.33. The Morgan fingerprint density at radius 3 is 2.86 bits per heavy atom. The fourth-order valence-corrected chi connectivity index (χ4v) is 3.44. The summed E-state index contributed by atoms with van der Waals surface area (Å²) in [5.41, 5.74) is 7.28. The molecule has 1 saturated carbocycles. The van der Waals surface area contributed by atoms with Crippen molar-refractivity contribution >= 4 is 34.9 Å². The van der Waals surface area contributed by atoms with Crippen LogP contribution in [0.25, 0.3) is 11.2 Å². The summed E-state index contributed by atoms with van der Waals surface area (Å²) in [7, 11) is 0. The Bertz CT molecular complexity index is 952. The molecule has 10 heteroatoms. The van der Waals surface area contributed by atoms with Crippen LogP contribution in [-0.4, -0.2) is 49.2 Å². The van der Waals surface area contributed by atoms with E-state index in [4.69, 9.17) is 15.6 Å². The van der Waals surface area contributed by atoms with E-state index in [0.717, 1.165) is 19.3 Å². The number of anilines is 2. The Kier molecular flexibility index (Phi) is 5.32. The van der Waals surface area contributed by atoms with Crippen LogP contribution in [0.15, 0.2) is 18.5 Å². The first-order valence-corrected chi connectivity index (χ1v) is 9.82. The number of hydrogen-bond donors (Lipinski definition) is 3. The molecule has 2 heterocycles. The number of hydrogen-bond acceptors (Lipinski definition) is 8. The molecule has 2 atom stereocenters. The van der Waals surface area contributed by atoms with Crippen molar-refractivity contribution < 1.29 is 19.4 Å². The minimum atomic E-state index is -0.910. The van der Waals surface area contributed by atoms with Gasteiger partial charge < -0.3 is 25.5 Å². The molecule has 4 N–H and O–H groups in total. The molecule has 0 saturated heterocycles. The minimum absolute atomic E-state index is 0.0310. The average Bonchev–Trinajstić information content (AvgIpc) is 3.19. The zero-order valence-corrected chi connectivity index (χ0v) is 16.0.